The smallest absolute Gasteiger partial charge is 0.255 e. The van der Waals surface area contributed by atoms with Gasteiger partial charge in [-0.2, -0.15) is 0 Å². The van der Waals surface area contributed by atoms with Crippen LogP contribution in [-0.4, -0.2) is 31.5 Å². The minimum Gasteiger partial charge on any atom is -0.493 e. The van der Waals surface area contributed by atoms with Gasteiger partial charge < -0.3 is 14.8 Å². The van der Waals surface area contributed by atoms with E-state index in [1.165, 1.54) is 7.11 Å². The number of para-hydroxylation sites is 1. The van der Waals surface area contributed by atoms with Crippen molar-refractivity contribution < 1.29 is 14.3 Å². The van der Waals surface area contributed by atoms with Crippen LogP contribution in [0.4, 0.5) is 0 Å². The van der Waals surface area contributed by atoms with Crippen LogP contribution in [0.15, 0.2) is 18.2 Å². The number of nitrogens with one attached hydrogen (secondary N) is 1. The van der Waals surface area contributed by atoms with Gasteiger partial charge in [-0.25, -0.2) is 0 Å². The predicted molar refractivity (Wildman–Crippen MR) is 81.0 cm³/mol. The molecule has 20 heavy (non-hydrogen) atoms. The second kappa shape index (κ2) is 7.39. The van der Waals surface area contributed by atoms with Crippen molar-refractivity contribution in [3.63, 3.8) is 0 Å². The lowest BCUT2D eigenvalue weighted by molar-refractivity contribution is 0.0898. The average Bonchev–Trinajstić information content (AvgIpc) is 2.46. The highest BCUT2D eigenvalue weighted by molar-refractivity contribution is 6.17. The fraction of sp³-hybridized carbons (Fsp3) is 0.533. The highest BCUT2D eigenvalue weighted by Gasteiger charge is 2.26. The van der Waals surface area contributed by atoms with Crippen molar-refractivity contribution in [1.82, 2.24) is 5.32 Å². The molecule has 0 aliphatic rings. The number of rotatable bonds is 7. The molecule has 0 saturated heterocycles. The van der Waals surface area contributed by atoms with Crippen LogP contribution >= 0.6 is 11.6 Å². The number of carbonyl (C=O) groups excluding carboxylic acids is 1. The number of alkyl halides is 1. The summed E-state index contributed by atoms with van der Waals surface area (Å²) in [7, 11) is 3.07. The molecule has 1 rings (SSSR count). The van der Waals surface area contributed by atoms with Crippen LogP contribution in [0.5, 0.6) is 11.5 Å². The molecule has 1 amide bonds. The van der Waals surface area contributed by atoms with Gasteiger partial charge in [0.15, 0.2) is 11.5 Å². The molecule has 112 valence electrons. The van der Waals surface area contributed by atoms with Crippen LogP contribution in [0.25, 0.3) is 0 Å². The van der Waals surface area contributed by atoms with E-state index in [2.05, 4.69) is 5.32 Å². The summed E-state index contributed by atoms with van der Waals surface area (Å²) in [5.41, 5.74) is 0.133. The van der Waals surface area contributed by atoms with E-state index in [1.54, 1.807) is 25.3 Å². The molecule has 0 bridgehead atoms. The SMILES string of the molecule is CCC(C)(CCCl)NC(=O)c1cccc(OC)c1OC. The van der Waals surface area contributed by atoms with Crippen molar-refractivity contribution in [3.8, 4) is 11.5 Å². The van der Waals surface area contributed by atoms with Gasteiger partial charge in [-0.3, -0.25) is 4.79 Å². The molecular weight excluding hydrogens is 278 g/mol. The van der Waals surface area contributed by atoms with Gasteiger partial charge in [0.25, 0.3) is 5.91 Å². The highest BCUT2D eigenvalue weighted by atomic mass is 35.5. The first-order valence-electron chi connectivity index (χ1n) is 6.60. The van der Waals surface area contributed by atoms with E-state index >= 15 is 0 Å². The van der Waals surface area contributed by atoms with E-state index < -0.39 is 0 Å². The summed E-state index contributed by atoms with van der Waals surface area (Å²) in [6.45, 7) is 4.01. The first kappa shape index (κ1) is 16.6. The topological polar surface area (TPSA) is 47.6 Å². The van der Waals surface area contributed by atoms with Crippen molar-refractivity contribution in [2.45, 2.75) is 32.2 Å². The highest BCUT2D eigenvalue weighted by Crippen LogP contribution is 2.31. The van der Waals surface area contributed by atoms with Crippen LogP contribution in [0, 0.1) is 0 Å². The number of carbonyl (C=O) groups is 1. The van der Waals surface area contributed by atoms with Gasteiger partial charge in [0.2, 0.25) is 0 Å². The average molecular weight is 300 g/mol. The summed E-state index contributed by atoms with van der Waals surface area (Å²) >= 11 is 5.80. The van der Waals surface area contributed by atoms with Crippen molar-refractivity contribution in [2.75, 3.05) is 20.1 Å². The molecule has 0 fully saturated rings. The van der Waals surface area contributed by atoms with Gasteiger partial charge in [-0.05, 0) is 31.9 Å². The molecule has 0 spiro atoms. The second-order valence-electron chi connectivity index (χ2n) is 4.85. The van der Waals surface area contributed by atoms with Crippen LogP contribution in [0.1, 0.15) is 37.0 Å². The molecule has 1 aromatic rings. The molecule has 0 saturated carbocycles. The molecule has 0 heterocycles. The Labute approximate surface area is 125 Å². The van der Waals surface area contributed by atoms with Crippen molar-refractivity contribution in [2.24, 2.45) is 0 Å². The predicted octanol–water partition coefficient (Wildman–Crippen LogP) is 3.23. The van der Waals surface area contributed by atoms with E-state index in [0.29, 0.717) is 29.4 Å². The van der Waals surface area contributed by atoms with Crippen LogP contribution in [-0.2, 0) is 0 Å². The first-order valence-corrected chi connectivity index (χ1v) is 7.14. The van der Waals surface area contributed by atoms with Crippen LogP contribution in [0.3, 0.4) is 0 Å². The quantitative estimate of drug-likeness (QED) is 0.786. The molecular formula is C15H22ClNO3. The zero-order valence-corrected chi connectivity index (χ0v) is 13.2. The maximum absolute atomic E-state index is 12.5. The van der Waals surface area contributed by atoms with Crippen molar-refractivity contribution in [1.29, 1.82) is 0 Å². The van der Waals surface area contributed by atoms with E-state index in [0.717, 1.165) is 6.42 Å². The summed E-state index contributed by atoms with van der Waals surface area (Å²) in [4.78, 5) is 12.5. The lowest BCUT2D eigenvalue weighted by Crippen LogP contribution is -2.45. The largest absolute Gasteiger partial charge is 0.493 e. The van der Waals surface area contributed by atoms with Crippen molar-refractivity contribution in [3.05, 3.63) is 23.8 Å². The third-order valence-corrected chi connectivity index (χ3v) is 3.68. The van der Waals surface area contributed by atoms with Gasteiger partial charge in [0, 0.05) is 11.4 Å². The standard InChI is InChI=1S/C15H22ClNO3/c1-5-15(2,9-10-16)17-14(18)11-7-6-8-12(19-3)13(11)20-4/h6-8H,5,9-10H2,1-4H3,(H,17,18). The molecule has 0 radical (unpaired) electrons. The molecule has 1 aromatic carbocycles. The Morgan fingerprint density at radius 1 is 1.35 bits per heavy atom. The number of halogens is 1. The Balaban J connectivity index is 3.03. The van der Waals surface area contributed by atoms with E-state index in [-0.39, 0.29) is 11.4 Å². The summed E-state index contributed by atoms with van der Waals surface area (Å²) in [6, 6.07) is 5.24. The lowest BCUT2D eigenvalue weighted by Gasteiger charge is -2.29. The molecule has 0 aliphatic carbocycles. The Hall–Kier alpha value is -1.42. The Morgan fingerprint density at radius 3 is 2.55 bits per heavy atom. The Kier molecular flexibility index (Phi) is 6.14. The fourth-order valence-electron chi connectivity index (χ4n) is 1.94. The molecule has 1 N–H and O–H groups in total. The van der Waals surface area contributed by atoms with E-state index in [1.807, 2.05) is 13.8 Å². The fourth-order valence-corrected chi connectivity index (χ4v) is 2.36. The van der Waals surface area contributed by atoms with Gasteiger partial charge in [0.1, 0.15) is 0 Å². The minimum absolute atomic E-state index is 0.185. The molecule has 0 aromatic heterocycles. The number of hydrogen-bond acceptors (Lipinski definition) is 3. The molecule has 1 atom stereocenters. The van der Waals surface area contributed by atoms with Crippen LogP contribution < -0.4 is 14.8 Å². The number of methoxy groups -OCH3 is 2. The van der Waals surface area contributed by atoms with Gasteiger partial charge in [-0.1, -0.05) is 13.0 Å². The summed E-state index contributed by atoms with van der Waals surface area (Å²) in [6.07, 6.45) is 1.51. The molecule has 0 aliphatic heterocycles. The van der Waals surface area contributed by atoms with Crippen LogP contribution in [0.2, 0.25) is 0 Å². The summed E-state index contributed by atoms with van der Waals surface area (Å²) in [5.74, 6) is 1.29. The van der Waals surface area contributed by atoms with E-state index in [4.69, 9.17) is 21.1 Å². The van der Waals surface area contributed by atoms with E-state index in [9.17, 15) is 4.79 Å². The van der Waals surface area contributed by atoms with Gasteiger partial charge in [-0.15, -0.1) is 11.6 Å². The molecule has 1 unspecified atom stereocenters. The van der Waals surface area contributed by atoms with Crippen molar-refractivity contribution >= 4 is 17.5 Å². The Morgan fingerprint density at radius 2 is 2.05 bits per heavy atom. The zero-order chi connectivity index (χ0) is 15.2. The monoisotopic (exact) mass is 299 g/mol. The summed E-state index contributed by atoms with van der Waals surface area (Å²) in [5, 5.41) is 3.03. The van der Waals surface area contributed by atoms with Gasteiger partial charge in [0.05, 0.1) is 19.8 Å². The lowest BCUT2D eigenvalue weighted by atomic mass is 9.95. The molecule has 5 heteroatoms. The third-order valence-electron chi connectivity index (χ3n) is 3.49. The Bertz CT molecular complexity index is 464. The maximum atomic E-state index is 12.5. The zero-order valence-electron chi connectivity index (χ0n) is 12.5. The molecule has 4 nitrogen and oxygen atoms in total. The number of amides is 1. The first-order chi connectivity index (χ1) is 9.51. The maximum Gasteiger partial charge on any atom is 0.255 e. The second-order valence-corrected chi connectivity index (χ2v) is 5.23. The minimum atomic E-state index is -0.326. The number of ether oxygens (including phenoxy) is 2. The number of hydrogen-bond donors (Lipinski definition) is 1. The third kappa shape index (κ3) is 3.79. The summed E-state index contributed by atoms with van der Waals surface area (Å²) < 4.78 is 10.5. The normalized spacial score (nSPS) is 13.4. The van der Waals surface area contributed by atoms with Gasteiger partial charge >= 0.3 is 0 Å². The number of benzene rings is 1.